The van der Waals surface area contributed by atoms with Crippen molar-refractivity contribution in [2.24, 2.45) is 5.92 Å². The summed E-state index contributed by atoms with van der Waals surface area (Å²) in [4.78, 5) is 11.5. The molecule has 1 atom stereocenters. The number of nitrogens with zero attached hydrogens (tertiary/aromatic N) is 4. The number of rotatable bonds is 6. The van der Waals surface area contributed by atoms with Crippen molar-refractivity contribution in [1.29, 1.82) is 0 Å². The van der Waals surface area contributed by atoms with Gasteiger partial charge in [-0.2, -0.15) is 5.10 Å². The number of H-pyrrole nitrogens is 1. The third kappa shape index (κ3) is 3.69. The highest BCUT2D eigenvalue weighted by Crippen LogP contribution is 2.21. The van der Waals surface area contributed by atoms with Crippen LogP contribution in [0.2, 0.25) is 0 Å². The van der Waals surface area contributed by atoms with Crippen molar-refractivity contribution >= 4 is 0 Å². The third-order valence-corrected chi connectivity index (χ3v) is 4.13. The smallest absolute Gasteiger partial charge is 0.112 e. The van der Waals surface area contributed by atoms with E-state index >= 15 is 0 Å². The van der Waals surface area contributed by atoms with E-state index < -0.39 is 0 Å². The second kappa shape index (κ2) is 6.98. The highest BCUT2D eigenvalue weighted by Gasteiger charge is 2.22. The van der Waals surface area contributed by atoms with Crippen molar-refractivity contribution in [1.82, 2.24) is 25.1 Å². The van der Waals surface area contributed by atoms with E-state index in [4.69, 9.17) is 9.72 Å². The Morgan fingerprint density at radius 3 is 3.05 bits per heavy atom. The van der Waals surface area contributed by atoms with Gasteiger partial charge in [0.15, 0.2) is 0 Å². The fraction of sp³-hybridized carbons (Fsp3) is 0.562. The van der Waals surface area contributed by atoms with Gasteiger partial charge in [0.25, 0.3) is 0 Å². The molecule has 3 heterocycles. The summed E-state index contributed by atoms with van der Waals surface area (Å²) in [5.41, 5.74) is 3.79. The van der Waals surface area contributed by atoms with Gasteiger partial charge in [-0.15, -0.1) is 0 Å². The van der Waals surface area contributed by atoms with Gasteiger partial charge in [-0.1, -0.05) is 0 Å². The molecule has 1 fully saturated rings. The van der Waals surface area contributed by atoms with Gasteiger partial charge in [0.2, 0.25) is 0 Å². The molecule has 0 radical (unpaired) electrons. The maximum atomic E-state index is 5.15. The van der Waals surface area contributed by atoms with Crippen molar-refractivity contribution in [2.75, 3.05) is 33.4 Å². The Morgan fingerprint density at radius 2 is 2.27 bits per heavy atom. The van der Waals surface area contributed by atoms with E-state index in [0.29, 0.717) is 5.92 Å². The second-order valence-corrected chi connectivity index (χ2v) is 5.98. The molecular formula is C16H23N5O. The highest BCUT2D eigenvalue weighted by molar-refractivity contribution is 5.52. The first-order chi connectivity index (χ1) is 10.7. The summed E-state index contributed by atoms with van der Waals surface area (Å²) in [5, 5.41) is 7.20. The van der Waals surface area contributed by atoms with Gasteiger partial charge in [-0.3, -0.25) is 10.1 Å². The van der Waals surface area contributed by atoms with Crippen LogP contribution in [0.5, 0.6) is 0 Å². The minimum atomic E-state index is 0.655. The van der Waals surface area contributed by atoms with E-state index in [1.54, 1.807) is 13.3 Å². The van der Waals surface area contributed by atoms with Crippen LogP contribution in [-0.4, -0.2) is 58.4 Å². The number of hydrogen-bond acceptors (Lipinski definition) is 5. The molecule has 0 amide bonds. The van der Waals surface area contributed by atoms with Crippen LogP contribution in [0.3, 0.4) is 0 Å². The molecule has 2 aromatic heterocycles. The molecule has 2 aromatic rings. The van der Waals surface area contributed by atoms with E-state index in [-0.39, 0.29) is 0 Å². The number of aromatic nitrogens is 4. The Bertz CT molecular complexity index is 612. The number of aromatic amines is 1. The van der Waals surface area contributed by atoms with Crippen molar-refractivity contribution in [3.8, 4) is 11.4 Å². The number of hydrogen-bond donors (Lipinski definition) is 1. The number of nitrogens with one attached hydrogen (secondary N) is 1. The van der Waals surface area contributed by atoms with E-state index in [2.05, 4.69) is 20.1 Å². The maximum absolute atomic E-state index is 5.15. The molecule has 3 rings (SSSR count). The number of likely N-dealkylation sites (tertiary alicyclic amines) is 1. The Labute approximate surface area is 130 Å². The largest absolute Gasteiger partial charge is 0.383 e. The van der Waals surface area contributed by atoms with Gasteiger partial charge >= 0.3 is 0 Å². The fourth-order valence-electron chi connectivity index (χ4n) is 2.98. The molecule has 6 heteroatoms. The van der Waals surface area contributed by atoms with Crippen molar-refractivity contribution < 1.29 is 4.74 Å². The summed E-state index contributed by atoms with van der Waals surface area (Å²) < 4.78 is 5.15. The van der Waals surface area contributed by atoms with Gasteiger partial charge in [-0.05, 0) is 38.3 Å². The quantitative estimate of drug-likeness (QED) is 0.879. The highest BCUT2D eigenvalue weighted by atomic mass is 16.5. The molecule has 0 aliphatic carbocycles. The Hall–Kier alpha value is -1.79. The molecule has 0 aromatic carbocycles. The molecule has 0 bridgehead atoms. The van der Waals surface area contributed by atoms with Crippen molar-refractivity contribution in [3.05, 3.63) is 29.8 Å². The zero-order chi connectivity index (χ0) is 15.4. The van der Waals surface area contributed by atoms with Gasteiger partial charge in [0.1, 0.15) is 11.4 Å². The Morgan fingerprint density at radius 1 is 1.36 bits per heavy atom. The lowest BCUT2D eigenvalue weighted by molar-refractivity contribution is 0.159. The van der Waals surface area contributed by atoms with Crippen molar-refractivity contribution in [3.63, 3.8) is 0 Å². The van der Waals surface area contributed by atoms with Crippen molar-refractivity contribution in [2.45, 2.75) is 19.8 Å². The lowest BCUT2D eigenvalue weighted by Gasteiger charge is -2.15. The molecule has 6 nitrogen and oxygen atoms in total. The summed E-state index contributed by atoms with van der Waals surface area (Å²) >= 11 is 0. The summed E-state index contributed by atoms with van der Waals surface area (Å²) in [5.74, 6) is 0.655. The van der Waals surface area contributed by atoms with Crippen LogP contribution >= 0.6 is 0 Å². The molecule has 0 unspecified atom stereocenters. The Kier molecular flexibility index (Phi) is 4.80. The van der Waals surface area contributed by atoms with Crippen LogP contribution in [0.4, 0.5) is 0 Å². The Balaban J connectivity index is 1.62. The average molecular weight is 301 g/mol. The second-order valence-electron chi connectivity index (χ2n) is 5.98. The monoisotopic (exact) mass is 301 g/mol. The number of ether oxygens (including phenoxy) is 1. The minimum absolute atomic E-state index is 0.655. The minimum Gasteiger partial charge on any atom is -0.383 e. The molecule has 0 saturated carbocycles. The molecule has 0 spiro atoms. The van der Waals surface area contributed by atoms with Gasteiger partial charge < -0.3 is 9.64 Å². The van der Waals surface area contributed by atoms with Crippen LogP contribution in [0, 0.1) is 12.8 Å². The normalized spacial score (nSPS) is 18.9. The van der Waals surface area contributed by atoms with Crippen LogP contribution in [0.15, 0.2) is 18.5 Å². The SMILES string of the molecule is COCCN1CC[C@@H](Cc2cncc(-c3cc(C)[nH]n3)n2)C1. The zero-order valence-corrected chi connectivity index (χ0v) is 13.2. The predicted molar refractivity (Wildman–Crippen MR) is 84.5 cm³/mol. The molecule has 118 valence electrons. The number of aryl methyl sites for hydroxylation is 1. The summed E-state index contributed by atoms with van der Waals surface area (Å²) in [7, 11) is 1.76. The van der Waals surface area contributed by atoms with Crippen LogP contribution in [0.25, 0.3) is 11.4 Å². The molecular weight excluding hydrogens is 278 g/mol. The van der Waals surface area contributed by atoms with Gasteiger partial charge in [-0.25, -0.2) is 4.98 Å². The first-order valence-corrected chi connectivity index (χ1v) is 7.79. The molecule has 1 N–H and O–H groups in total. The predicted octanol–water partition coefficient (Wildman–Crippen LogP) is 1.69. The molecule has 22 heavy (non-hydrogen) atoms. The summed E-state index contributed by atoms with van der Waals surface area (Å²) in [6.07, 6.45) is 5.85. The topological polar surface area (TPSA) is 66.9 Å². The summed E-state index contributed by atoms with van der Waals surface area (Å²) in [6.45, 7) is 6.09. The first kappa shape index (κ1) is 15.1. The lowest BCUT2D eigenvalue weighted by atomic mass is 10.0. The van der Waals surface area contributed by atoms with Crippen LogP contribution < -0.4 is 0 Å². The number of methoxy groups -OCH3 is 1. The van der Waals surface area contributed by atoms with Gasteiger partial charge in [0.05, 0.1) is 18.5 Å². The third-order valence-electron chi connectivity index (χ3n) is 4.13. The molecule has 1 aliphatic heterocycles. The van der Waals surface area contributed by atoms with Crippen LogP contribution in [0.1, 0.15) is 17.8 Å². The first-order valence-electron chi connectivity index (χ1n) is 7.79. The van der Waals surface area contributed by atoms with Gasteiger partial charge in [0, 0.05) is 32.1 Å². The standard InChI is InChI=1S/C16H23N5O/c1-12-7-15(20-19-12)16-10-17-9-14(18-16)8-13-3-4-21(11-13)5-6-22-2/h7,9-10,13H,3-6,8,11H2,1-2H3,(H,19,20)/t13-/m0/s1. The van der Waals surface area contributed by atoms with E-state index in [1.165, 1.54) is 6.42 Å². The van der Waals surface area contributed by atoms with E-state index in [9.17, 15) is 0 Å². The van der Waals surface area contributed by atoms with E-state index in [1.807, 2.05) is 19.2 Å². The maximum Gasteiger partial charge on any atom is 0.112 e. The van der Waals surface area contributed by atoms with E-state index in [0.717, 1.165) is 55.4 Å². The molecule has 1 saturated heterocycles. The summed E-state index contributed by atoms with van der Waals surface area (Å²) in [6, 6.07) is 2.00. The fourth-order valence-corrected chi connectivity index (χ4v) is 2.98. The average Bonchev–Trinajstić information content (AvgIpc) is 3.15. The lowest BCUT2D eigenvalue weighted by Crippen LogP contribution is -2.25. The van der Waals surface area contributed by atoms with Crippen LogP contribution in [-0.2, 0) is 11.2 Å². The molecule has 1 aliphatic rings. The zero-order valence-electron chi connectivity index (χ0n) is 13.2.